The molecule has 1 aliphatic rings. The molecule has 0 amide bonds. The molecular weight excluding hydrogens is 460 g/mol. The maximum atomic E-state index is 13.6. The summed E-state index contributed by atoms with van der Waals surface area (Å²) >= 11 is 1.71. The summed E-state index contributed by atoms with van der Waals surface area (Å²) in [7, 11) is 0. The average Bonchev–Trinajstić information content (AvgIpc) is 3.58. The van der Waals surface area contributed by atoms with E-state index in [-0.39, 0.29) is 17.2 Å². The van der Waals surface area contributed by atoms with Crippen molar-refractivity contribution in [3.63, 3.8) is 0 Å². The van der Waals surface area contributed by atoms with Crippen molar-refractivity contribution in [2.24, 2.45) is 0 Å². The van der Waals surface area contributed by atoms with Crippen molar-refractivity contribution < 1.29 is 4.74 Å². The zero-order valence-electron chi connectivity index (χ0n) is 20.7. The van der Waals surface area contributed by atoms with Crippen LogP contribution in [0.2, 0.25) is 0 Å². The van der Waals surface area contributed by atoms with Crippen LogP contribution in [0.4, 0.5) is 0 Å². The van der Waals surface area contributed by atoms with E-state index in [0.717, 1.165) is 35.9 Å². The van der Waals surface area contributed by atoms with Gasteiger partial charge in [-0.15, -0.1) is 16.4 Å². The van der Waals surface area contributed by atoms with Gasteiger partial charge in [0.15, 0.2) is 5.82 Å². The molecule has 8 nitrogen and oxygen atoms in total. The van der Waals surface area contributed by atoms with Gasteiger partial charge in [-0.25, -0.2) is 4.68 Å². The molecule has 1 aromatic carbocycles. The Hall–Kier alpha value is -2.88. The lowest BCUT2D eigenvalue weighted by Crippen LogP contribution is -2.40. The fraction of sp³-hybridized carbons (Fsp3) is 0.462. The van der Waals surface area contributed by atoms with E-state index in [4.69, 9.17) is 4.74 Å². The minimum Gasteiger partial charge on any atom is -0.377 e. The Labute approximate surface area is 208 Å². The Kier molecular flexibility index (Phi) is 6.57. The topological polar surface area (TPSA) is 88.9 Å². The van der Waals surface area contributed by atoms with Crippen LogP contribution >= 0.6 is 11.3 Å². The highest BCUT2D eigenvalue weighted by Gasteiger charge is 2.35. The van der Waals surface area contributed by atoms with Crippen LogP contribution in [0.25, 0.3) is 10.9 Å². The number of aromatic nitrogens is 5. The van der Waals surface area contributed by atoms with E-state index in [0.29, 0.717) is 24.5 Å². The van der Waals surface area contributed by atoms with Gasteiger partial charge < -0.3 is 9.72 Å². The summed E-state index contributed by atoms with van der Waals surface area (Å²) in [5, 5.41) is 16.0. The maximum absolute atomic E-state index is 13.6. The van der Waals surface area contributed by atoms with E-state index in [1.54, 1.807) is 11.3 Å². The lowest BCUT2D eigenvalue weighted by atomic mass is 10.00. The second kappa shape index (κ2) is 9.64. The molecule has 3 aromatic heterocycles. The van der Waals surface area contributed by atoms with Crippen LogP contribution in [0.15, 0.2) is 46.6 Å². The van der Waals surface area contributed by atoms with Gasteiger partial charge in [-0.1, -0.05) is 24.3 Å². The molecule has 0 radical (unpaired) electrons. The highest BCUT2D eigenvalue weighted by atomic mass is 32.1. The number of nitrogens with one attached hydrogen (secondary N) is 1. The Morgan fingerprint density at radius 3 is 2.86 bits per heavy atom. The number of fused-ring (bicyclic) bond motifs is 1. The molecule has 0 spiro atoms. The molecule has 9 heteroatoms. The number of tetrazole rings is 1. The monoisotopic (exact) mass is 492 g/mol. The van der Waals surface area contributed by atoms with E-state index in [2.05, 4.69) is 63.7 Å². The first kappa shape index (κ1) is 23.8. The minimum absolute atomic E-state index is 0.109. The summed E-state index contributed by atoms with van der Waals surface area (Å²) in [6.07, 6.45) is 2.17. The molecule has 0 bridgehead atoms. The number of hydrogen-bond acceptors (Lipinski definition) is 7. The fourth-order valence-electron chi connectivity index (χ4n) is 4.86. The molecule has 5 rings (SSSR count). The van der Waals surface area contributed by atoms with Crippen molar-refractivity contribution in [1.29, 1.82) is 0 Å². The van der Waals surface area contributed by atoms with Crippen LogP contribution in [0.1, 0.15) is 61.5 Å². The third kappa shape index (κ3) is 4.94. The minimum atomic E-state index is -0.441. The first-order valence-electron chi connectivity index (χ1n) is 12.1. The summed E-state index contributed by atoms with van der Waals surface area (Å²) in [5.74, 6) is 0.657. The fourth-order valence-corrected chi connectivity index (χ4v) is 5.59. The van der Waals surface area contributed by atoms with E-state index in [9.17, 15) is 4.79 Å². The molecule has 184 valence electrons. The third-order valence-electron chi connectivity index (χ3n) is 6.55. The number of H-pyrrole nitrogens is 1. The number of para-hydroxylation sites is 1. The van der Waals surface area contributed by atoms with Crippen LogP contribution < -0.4 is 5.56 Å². The van der Waals surface area contributed by atoms with Gasteiger partial charge >= 0.3 is 0 Å². The molecule has 0 saturated carbocycles. The first-order chi connectivity index (χ1) is 16.8. The smallest absolute Gasteiger partial charge is 0.253 e. The highest BCUT2D eigenvalue weighted by Crippen LogP contribution is 2.32. The molecule has 0 aliphatic carbocycles. The van der Waals surface area contributed by atoms with Crippen LogP contribution in [-0.4, -0.2) is 49.3 Å². The highest BCUT2D eigenvalue weighted by molar-refractivity contribution is 7.09. The van der Waals surface area contributed by atoms with E-state index in [1.165, 1.54) is 4.88 Å². The van der Waals surface area contributed by atoms with Crippen molar-refractivity contribution >= 4 is 22.2 Å². The molecular formula is C26H32N6O2S. The van der Waals surface area contributed by atoms with Crippen LogP contribution in [0.5, 0.6) is 0 Å². The number of thiophene rings is 1. The zero-order chi connectivity index (χ0) is 24.6. The predicted molar refractivity (Wildman–Crippen MR) is 138 cm³/mol. The van der Waals surface area contributed by atoms with Gasteiger partial charge in [-0.05, 0) is 79.4 Å². The van der Waals surface area contributed by atoms with Crippen molar-refractivity contribution in [3.8, 4) is 0 Å². The van der Waals surface area contributed by atoms with Crippen molar-refractivity contribution in [1.82, 2.24) is 30.1 Å². The van der Waals surface area contributed by atoms with Gasteiger partial charge in [0.05, 0.1) is 17.2 Å². The number of ether oxygens (including phenoxy) is 1. The molecule has 2 unspecified atom stereocenters. The normalized spacial score (nSPS) is 17.5. The molecule has 1 fully saturated rings. The summed E-state index contributed by atoms with van der Waals surface area (Å²) in [5.41, 5.74) is 2.06. The van der Waals surface area contributed by atoms with Gasteiger partial charge in [0.25, 0.3) is 5.56 Å². The predicted octanol–water partition coefficient (Wildman–Crippen LogP) is 4.41. The SMILES string of the molecule is Cc1cccc2cc(C(c3nnnn3C(C)(C)C)N(Cc3cccs3)CC3CCCO3)c(=O)[nH]c12. The first-order valence-corrected chi connectivity index (χ1v) is 13.0. The van der Waals surface area contributed by atoms with Gasteiger partial charge in [0.2, 0.25) is 0 Å². The Morgan fingerprint density at radius 2 is 2.14 bits per heavy atom. The number of hydrogen-bond donors (Lipinski definition) is 1. The van der Waals surface area contributed by atoms with Crippen LogP contribution in [0, 0.1) is 6.92 Å². The number of aromatic amines is 1. The summed E-state index contributed by atoms with van der Waals surface area (Å²) in [4.78, 5) is 20.3. The standard InChI is InChI=1S/C26H32N6O2S/c1-17-8-5-9-18-14-21(25(33)27-22(17)18)23(24-28-29-30-32(24)26(2,3)4)31(15-19-10-6-12-34-19)16-20-11-7-13-35-20/h5,7-9,11,13-14,19,23H,6,10,12,15-16H2,1-4H3,(H,27,33). The van der Waals surface area contributed by atoms with Gasteiger partial charge in [0, 0.05) is 30.1 Å². The summed E-state index contributed by atoms with van der Waals surface area (Å²) in [6.45, 7) is 10.4. The van der Waals surface area contributed by atoms with Crippen molar-refractivity contribution in [2.75, 3.05) is 13.2 Å². The number of nitrogens with zero attached hydrogens (tertiary/aromatic N) is 5. The van der Waals surface area contributed by atoms with E-state index in [1.807, 2.05) is 35.9 Å². The van der Waals surface area contributed by atoms with Crippen LogP contribution in [0.3, 0.4) is 0 Å². The molecule has 1 N–H and O–H groups in total. The lowest BCUT2D eigenvalue weighted by Gasteiger charge is -2.34. The number of aryl methyl sites for hydroxylation is 1. The number of benzene rings is 1. The molecule has 1 saturated heterocycles. The van der Waals surface area contributed by atoms with E-state index < -0.39 is 6.04 Å². The molecule has 1 aliphatic heterocycles. The van der Waals surface area contributed by atoms with Crippen LogP contribution in [-0.2, 0) is 16.8 Å². The van der Waals surface area contributed by atoms with Gasteiger partial charge in [-0.3, -0.25) is 9.69 Å². The number of pyridine rings is 1. The third-order valence-corrected chi connectivity index (χ3v) is 7.41. The second-order valence-electron chi connectivity index (χ2n) is 10.3. The lowest BCUT2D eigenvalue weighted by molar-refractivity contribution is 0.0569. The van der Waals surface area contributed by atoms with Crippen molar-refractivity contribution in [3.05, 3.63) is 74.0 Å². The van der Waals surface area contributed by atoms with Gasteiger partial charge in [0.1, 0.15) is 6.04 Å². The van der Waals surface area contributed by atoms with E-state index >= 15 is 0 Å². The largest absolute Gasteiger partial charge is 0.377 e. The van der Waals surface area contributed by atoms with Gasteiger partial charge in [-0.2, -0.15) is 0 Å². The van der Waals surface area contributed by atoms with Crippen molar-refractivity contribution in [2.45, 2.75) is 64.8 Å². The molecule has 4 heterocycles. The average molecular weight is 493 g/mol. The maximum Gasteiger partial charge on any atom is 0.253 e. The molecule has 2 atom stereocenters. The molecule has 4 aromatic rings. The Balaban J connectivity index is 1.70. The quantitative estimate of drug-likeness (QED) is 0.411. The number of rotatable bonds is 7. The zero-order valence-corrected chi connectivity index (χ0v) is 21.5. The Bertz CT molecular complexity index is 1350. The second-order valence-corrected chi connectivity index (χ2v) is 11.3. The summed E-state index contributed by atoms with van der Waals surface area (Å²) < 4.78 is 7.88. The summed E-state index contributed by atoms with van der Waals surface area (Å²) in [6, 6.07) is 11.8. The Morgan fingerprint density at radius 1 is 1.29 bits per heavy atom. The molecule has 35 heavy (non-hydrogen) atoms.